The number of rotatable bonds is 1. The summed E-state index contributed by atoms with van der Waals surface area (Å²) in [6, 6.07) is 0. The fraction of sp³-hybridized carbons (Fsp3) is 0.273. The lowest BCUT2D eigenvalue weighted by molar-refractivity contribution is 1.14. The zero-order valence-electron chi connectivity index (χ0n) is 7.30. The lowest BCUT2D eigenvalue weighted by Crippen LogP contribution is -1.84. The highest BCUT2D eigenvalue weighted by Gasteiger charge is 2.06. The molecule has 0 amide bonds. The quantitative estimate of drug-likeness (QED) is 0.648. The number of hydrogen-bond acceptors (Lipinski definition) is 0. The van der Waals surface area contributed by atoms with E-state index in [2.05, 4.69) is 42.4 Å². The highest BCUT2D eigenvalue weighted by Crippen LogP contribution is 2.19. The van der Waals surface area contributed by atoms with Crippen LogP contribution in [0.1, 0.15) is 23.7 Å². The summed E-state index contributed by atoms with van der Waals surface area (Å²) in [5, 5.41) is 0. The molecule has 0 fully saturated rings. The maximum Gasteiger partial charge on any atom is 0.0261 e. The van der Waals surface area contributed by atoms with E-state index in [9.17, 15) is 0 Å². The summed E-state index contributed by atoms with van der Waals surface area (Å²) >= 11 is 0. The molecule has 12 heavy (non-hydrogen) atoms. The highest BCUT2D eigenvalue weighted by molar-refractivity contribution is 5.59. The molecule has 1 aromatic heterocycles. The summed E-state index contributed by atoms with van der Waals surface area (Å²) in [6.45, 7) is 2.19. The Balaban J connectivity index is 2.48. The molecule has 0 radical (unpaired) electrons. The number of fused-ring (bicyclic) bond motifs is 1. The summed E-state index contributed by atoms with van der Waals surface area (Å²) in [4.78, 5) is 3.31. The molecule has 0 atom stereocenters. The van der Waals surface area contributed by atoms with Gasteiger partial charge in [-0.1, -0.05) is 31.2 Å². The highest BCUT2D eigenvalue weighted by atomic mass is 14.7. The van der Waals surface area contributed by atoms with E-state index < -0.39 is 0 Å². The van der Waals surface area contributed by atoms with Crippen LogP contribution in [0.4, 0.5) is 0 Å². The molecule has 1 aliphatic rings. The minimum Gasteiger partial charge on any atom is -0.364 e. The van der Waals surface area contributed by atoms with Gasteiger partial charge in [0.2, 0.25) is 0 Å². The second-order valence-corrected chi connectivity index (χ2v) is 3.05. The summed E-state index contributed by atoms with van der Waals surface area (Å²) in [5.41, 5.74) is 4.16. The Morgan fingerprint density at radius 2 is 2.33 bits per heavy atom. The first-order valence-electron chi connectivity index (χ1n) is 4.44. The molecule has 0 saturated carbocycles. The molecular formula is C11H13N. The number of H-pyrrole nitrogens is 1. The van der Waals surface area contributed by atoms with Gasteiger partial charge in [0.25, 0.3) is 0 Å². The molecule has 1 heteroatoms. The van der Waals surface area contributed by atoms with E-state index in [0.717, 1.165) is 12.8 Å². The first-order valence-corrected chi connectivity index (χ1v) is 4.44. The minimum atomic E-state index is 1.03. The Morgan fingerprint density at radius 3 is 3.17 bits per heavy atom. The molecule has 0 unspecified atom stereocenters. The Bertz CT molecular complexity index is 329. The molecule has 62 valence electrons. The SMILES string of the molecule is CCc1c[nH]c2c1C=CC=CC2. The van der Waals surface area contributed by atoms with Crippen LogP contribution in [0.3, 0.4) is 0 Å². The molecule has 0 aliphatic heterocycles. The van der Waals surface area contributed by atoms with Crippen LogP contribution in [0.2, 0.25) is 0 Å². The summed E-state index contributed by atoms with van der Waals surface area (Å²) < 4.78 is 0. The van der Waals surface area contributed by atoms with Crippen molar-refractivity contribution >= 4 is 6.08 Å². The fourth-order valence-corrected chi connectivity index (χ4v) is 1.61. The van der Waals surface area contributed by atoms with E-state index in [1.807, 2.05) is 0 Å². The van der Waals surface area contributed by atoms with Gasteiger partial charge in [-0.2, -0.15) is 0 Å². The van der Waals surface area contributed by atoms with Gasteiger partial charge in [0.1, 0.15) is 0 Å². The van der Waals surface area contributed by atoms with E-state index >= 15 is 0 Å². The van der Waals surface area contributed by atoms with E-state index in [1.54, 1.807) is 0 Å². The van der Waals surface area contributed by atoms with Gasteiger partial charge in [0, 0.05) is 18.3 Å². The van der Waals surface area contributed by atoms with Crippen LogP contribution in [0, 0.1) is 0 Å². The summed E-state index contributed by atoms with van der Waals surface area (Å²) in [5.74, 6) is 0. The monoisotopic (exact) mass is 159 g/mol. The third-order valence-electron chi connectivity index (χ3n) is 2.30. The third-order valence-corrected chi connectivity index (χ3v) is 2.30. The average Bonchev–Trinajstić information content (AvgIpc) is 2.33. The maximum atomic E-state index is 3.31. The fourth-order valence-electron chi connectivity index (χ4n) is 1.61. The van der Waals surface area contributed by atoms with Crippen LogP contribution >= 0.6 is 0 Å². The average molecular weight is 159 g/mol. The number of hydrogen-bond donors (Lipinski definition) is 1. The Morgan fingerprint density at radius 1 is 1.42 bits per heavy atom. The third kappa shape index (κ3) is 1.11. The van der Waals surface area contributed by atoms with Crippen LogP contribution in [0.15, 0.2) is 24.4 Å². The van der Waals surface area contributed by atoms with Crippen LogP contribution < -0.4 is 0 Å². The standard InChI is InChI=1S/C11H13N/c1-2-9-8-12-11-7-5-3-4-6-10(9)11/h3-6,8,12H,2,7H2,1H3. The lowest BCUT2D eigenvalue weighted by atomic mass is 10.1. The van der Waals surface area contributed by atoms with Crippen molar-refractivity contribution in [3.63, 3.8) is 0 Å². The number of nitrogens with one attached hydrogen (secondary N) is 1. The second kappa shape index (κ2) is 3.02. The molecule has 0 saturated heterocycles. The summed E-state index contributed by atoms with van der Waals surface area (Å²) in [6.07, 6.45) is 12.8. The van der Waals surface area contributed by atoms with Gasteiger partial charge in [-0.3, -0.25) is 0 Å². The van der Waals surface area contributed by atoms with Crippen LogP contribution in [-0.2, 0) is 12.8 Å². The minimum absolute atomic E-state index is 1.03. The Kier molecular flexibility index (Phi) is 1.86. The van der Waals surface area contributed by atoms with Gasteiger partial charge in [-0.25, -0.2) is 0 Å². The van der Waals surface area contributed by atoms with E-state index in [1.165, 1.54) is 16.8 Å². The zero-order valence-corrected chi connectivity index (χ0v) is 7.30. The molecule has 0 spiro atoms. The lowest BCUT2D eigenvalue weighted by Gasteiger charge is -1.96. The Hall–Kier alpha value is -1.24. The van der Waals surface area contributed by atoms with Crippen molar-refractivity contribution in [1.82, 2.24) is 4.98 Å². The van der Waals surface area contributed by atoms with E-state index in [-0.39, 0.29) is 0 Å². The topological polar surface area (TPSA) is 15.8 Å². The zero-order chi connectivity index (χ0) is 8.39. The molecule has 1 nitrogen and oxygen atoms in total. The van der Waals surface area contributed by atoms with Gasteiger partial charge in [-0.15, -0.1) is 0 Å². The Labute approximate surface area is 72.8 Å². The van der Waals surface area contributed by atoms with Gasteiger partial charge in [0.05, 0.1) is 0 Å². The van der Waals surface area contributed by atoms with Gasteiger partial charge in [-0.05, 0) is 17.5 Å². The van der Waals surface area contributed by atoms with E-state index in [4.69, 9.17) is 0 Å². The largest absolute Gasteiger partial charge is 0.364 e. The first kappa shape index (κ1) is 7.41. The van der Waals surface area contributed by atoms with Gasteiger partial charge < -0.3 is 4.98 Å². The van der Waals surface area contributed by atoms with Crippen molar-refractivity contribution in [2.24, 2.45) is 0 Å². The van der Waals surface area contributed by atoms with Crippen LogP contribution in [-0.4, -0.2) is 4.98 Å². The predicted molar refractivity (Wildman–Crippen MR) is 52.0 cm³/mol. The van der Waals surface area contributed by atoms with Crippen molar-refractivity contribution in [3.8, 4) is 0 Å². The molecule has 1 aliphatic carbocycles. The number of aromatic nitrogens is 1. The van der Waals surface area contributed by atoms with Crippen molar-refractivity contribution in [1.29, 1.82) is 0 Å². The van der Waals surface area contributed by atoms with Crippen LogP contribution in [0.25, 0.3) is 6.08 Å². The molecular weight excluding hydrogens is 146 g/mol. The second-order valence-electron chi connectivity index (χ2n) is 3.05. The maximum absolute atomic E-state index is 3.31. The smallest absolute Gasteiger partial charge is 0.0261 e. The van der Waals surface area contributed by atoms with Crippen molar-refractivity contribution in [2.75, 3.05) is 0 Å². The van der Waals surface area contributed by atoms with Crippen molar-refractivity contribution in [2.45, 2.75) is 19.8 Å². The first-order chi connectivity index (χ1) is 5.92. The predicted octanol–water partition coefficient (Wildman–Crippen LogP) is 2.70. The molecule has 1 N–H and O–H groups in total. The molecule has 2 rings (SSSR count). The van der Waals surface area contributed by atoms with Gasteiger partial charge >= 0.3 is 0 Å². The number of aryl methyl sites for hydroxylation is 1. The van der Waals surface area contributed by atoms with Crippen molar-refractivity contribution in [3.05, 3.63) is 41.2 Å². The van der Waals surface area contributed by atoms with Crippen molar-refractivity contribution < 1.29 is 0 Å². The number of allylic oxidation sites excluding steroid dienone is 3. The molecule has 1 heterocycles. The summed E-state index contributed by atoms with van der Waals surface area (Å²) in [7, 11) is 0. The van der Waals surface area contributed by atoms with Gasteiger partial charge in [0.15, 0.2) is 0 Å². The molecule has 1 aromatic rings. The normalized spacial score (nSPS) is 14.4. The number of aromatic amines is 1. The van der Waals surface area contributed by atoms with Crippen LogP contribution in [0.5, 0.6) is 0 Å². The molecule has 0 bridgehead atoms. The molecule has 0 aromatic carbocycles. The van der Waals surface area contributed by atoms with E-state index in [0.29, 0.717) is 0 Å².